The van der Waals surface area contributed by atoms with Gasteiger partial charge in [0.05, 0.1) is 19.0 Å². The van der Waals surface area contributed by atoms with E-state index in [0.29, 0.717) is 0 Å². The van der Waals surface area contributed by atoms with Crippen LogP contribution in [0.15, 0.2) is 30.5 Å². The molecule has 0 aliphatic carbocycles. The van der Waals surface area contributed by atoms with Crippen molar-refractivity contribution in [1.82, 2.24) is 20.4 Å². The molecule has 1 aromatic heterocycles. The van der Waals surface area contributed by atoms with E-state index < -0.39 is 0 Å². The van der Waals surface area contributed by atoms with Crippen molar-refractivity contribution in [2.24, 2.45) is 0 Å². The molecule has 2 N–H and O–H groups in total. The number of para-hydroxylation sites is 1. The van der Waals surface area contributed by atoms with E-state index in [1.54, 1.807) is 7.11 Å². The third-order valence-electron chi connectivity index (χ3n) is 3.28. The van der Waals surface area contributed by atoms with E-state index in [2.05, 4.69) is 27.5 Å². The van der Waals surface area contributed by atoms with E-state index in [1.807, 2.05) is 37.5 Å². The first kappa shape index (κ1) is 14.6. The van der Waals surface area contributed by atoms with E-state index in [9.17, 15) is 0 Å². The summed E-state index contributed by atoms with van der Waals surface area (Å²) in [6.45, 7) is 2.82. The van der Waals surface area contributed by atoms with Crippen molar-refractivity contribution >= 4 is 0 Å². The normalized spacial score (nSPS) is 11.0. The van der Waals surface area contributed by atoms with Crippen molar-refractivity contribution in [3.63, 3.8) is 0 Å². The highest BCUT2D eigenvalue weighted by Gasteiger charge is 2.13. The number of H-pyrrole nitrogens is 1. The summed E-state index contributed by atoms with van der Waals surface area (Å²) in [5, 5.41) is 10.4. The summed E-state index contributed by atoms with van der Waals surface area (Å²) < 4.78 is 5.42. The number of aromatic amines is 1. The summed E-state index contributed by atoms with van der Waals surface area (Å²) in [7, 11) is 5.76. The van der Waals surface area contributed by atoms with E-state index in [0.717, 1.165) is 36.6 Å². The van der Waals surface area contributed by atoms with Gasteiger partial charge in [0.1, 0.15) is 5.75 Å². The largest absolute Gasteiger partial charge is 0.496 e. The van der Waals surface area contributed by atoms with Crippen LogP contribution < -0.4 is 10.1 Å². The molecule has 0 bridgehead atoms. The van der Waals surface area contributed by atoms with Crippen molar-refractivity contribution in [3.05, 3.63) is 36.0 Å². The fraction of sp³-hybridized carbons (Fsp3) is 0.400. The van der Waals surface area contributed by atoms with Crippen molar-refractivity contribution in [3.8, 4) is 17.0 Å². The smallest absolute Gasteiger partial charge is 0.128 e. The predicted octanol–water partition coefficient (Wildman–Crippen LogP) is 1.74. The van der Waals surface area contributed by atoms with Gasteiger partial charge in [-0.15, -0.1) is 0 Å². The standard InChI is InChI=1S/C15H22N4O/c1-16-8-9-19(2)11-12-10-17-18-15(12)13-6-4-5-7-14(13)20-3/h4-7,10,16H,8-9,11H2,1-3H3,(H,17,18). The maximum atomic E-state index is 5.42. The molecule has 0 radical (unpaired) electrons. The highest BCUT2D eigenvalue weighted by Crippen LogP contribution is 2.30. The molecule has 0 unspecified atom stereocenters. The van der Waals surface area contributed by atoms with Gasteiger partial charge in [0, 0.05) is 30.8 Å². The molecule has 0 saturated carbocycles. The lowest BCUT2D eigenvalue weighted by molar-refractivity contribution is 0.328. The first-order chi connectivity index (χ1) is 9.76. The Kier molecular flexibility index (Phi) is 5.15. The number of likely N-dealkylation sites (N-methyl/N-ethyl adjacent to an activating group) is 2. The minimum Gasteiger partial charge on any atom is -0.496 e. The number of nitrogens with one attached hydrogen (secondary N) is 2. The summed E-state index contributed by atoms with van der Waals surface area (Å²) in [5.74, 6) is 0.857. The minimum absolute atomic E-state index is 0.853. The zero-order chi connectivity index (χ0) is 14.4. The molecule has 2 aromatic rings. The Labute approximate surface area is 119 Å². The van der Waals surface area contributed by atoms with Crippen LogP contribution in [-0.4, -0.2) is 49.4 Å². The topological polar surface area (TPSA) is 53.2 Å². The molecule has 0 atom stereocenters. The van der Waals surface area contributed by atoms with Gasteiger partial charge in [-0.1, -0.05) is 12.1 Å². The summed E-state index contributed by atoms with van der Waals surface area (Å²) in [4.78, 5) is 2.26. The van der Waals surface area contributed by atoms with Crippen LogP contribution >= 0.6 is 0 Å². The average molecular weight is 274 g/mol. The molecule has 5 nitrogen and oxygen atoms in total. The Morgan fingerprint density at radius 3 is 2.90 bits per heavy atom. The fourth-order valence-corrected chi connectivity index (χ4v) is 2.19. The zero-order valence-electron chi connectivity index (χ0n) is 12.3. The number of hydrogen-bond acceptors (Lipinski definition) is 4. The van der Waals surface area contributed by atoms with Gasteiger partial charge in [-0.25, -0.2) is 0 Å². The van der Waals surface area contributed by atoms with Crippen LogP contribution in [0, 0.1) is 0 Å². The molecule has 0 aliphatic rings. The molecule has 0 spiro atoms. The molecule has 5 heteroatoms. The van der Waals surface area contributed by atoms with Gasteiger partial charge in [0.15, 0.2) is 0 Å². The molecular formula is C15H22N4O. The Bertz CT molecular complexity index is 538. The Morgan fingerprint density at radius 2 is 2.15 bits per heavy atom. The maximum absolute atomic E-state index is 5.42. The average Bonchev–Trinajstić information content (AvgIpc) is 2.93. The number of hydrogen-bond donors (Lipinski definition) is 2. The second-order valence-corrected chi connectivity index (χ2v) is 4.81. The number of aromatic nitrogens is 2. The monoisotopic (exact) mass is 274 g/mol. The van der Waals surface area contributed by atoms with E-state index in [-0.39, 0.29) is 0 Å². The first-order valence-electron chi connectivity index (χ1n) is 6.75. The van der Waals surface area contributed by atoms with Crippen LogP contribution in [0.2, 0.25) is 0 Å². The third kappa shape index (κ3) is 3.37. The summed E-state index contributed by atoms with van der Waals surface area (Å²) >= 11 is 0. The molecule has 0 aliphatic heterocycles. The van der Waals surface area contributed by atoms with E-state index >= 15 is 0 Å². The molecule has 2 rings (SSSR count). The zero-order valence-corrected chi connectivity index (χ0v) is 12.3. The lowest BCUT2D eigenvalue weighted by Crippen LogP contribution is -2.27. The third-order valence-corrected chi connectivity index (χ3v) is 3.28. The van der Waals surface area contributed by atoms with Crippen molar-refractivity contribution in [2.75, 3.05) is 34.3 Å². The fourth-order valence-electron chi connectivity index (χ4n) is 2.19. The molecule has 20 heavy (non-hydrogen) atoms. The van der Waals surface area contributed by atoms with Crippen molar-refractivity contribution < 1.29 is 4.74 Å². The summed E-state index contributed by atoms with van der Waals surface area (Å²) in [6, 6.07) is 7.98. The van der Waals surface area contributed by atoms with Crippen LogP contribution in [0.25, 0.3) is 11.3 Å². The lowest BCUT2D eigenvalue weighted by atomic mass is 10.1. The van der Waals surface area contributed by atoms with Gasteiger partial charge in [-0.2, -0.15) is 5.10 Å². The van der Waals surface area contributed by atoms with Crippen LogP contribution in [0.1, 0.15) is 5.56 Å². The second kappa shape index (κ2) is 7.07. The highest BCUT2D eigenvalue weighted by atomic mass is 16.5. The molecule has 0 fully saturated rings. The van der Waals surface area contributed by atoms with E-state index in [1.165, 1.54) is 5.56 Å². The quantitative estimate of drug-likeness (QED) is 0.807. The van der Waals surface area contributed by atoms with E-state index in [4.69, 9.17) is 4.74 Å². The molecule has 1 heterocycles. The number of benzene rings is 1. The van der Waals surface area contributed by atoms with Gasteiger partial charge in [0.25, 0.3) is 0 Å². The molecule has 108 valence electrons. The van der Waals surface area contributed by atoms with Gasteiger partial charge in [-0.05, 0) is 26.2 Å². The molecule has 1 aromatic carbocycles. The molecule has 0 saturated heterocycles. The molecule has 0 amide bonds. The predicted molar refractivity (Wildman–Crippen MR) is 80.8 cm³/mol. The first-order valence-corrected chi connectivity index (χ1v) is 6.75. The number of rotatable bonds is 7. The molecular weight excluding hydrogens is 252 g/mol. The number of methoxy groups -OCH3 is 1. The van der Waals surface area contributed by atoms with Gasteiger partial charge < -0.3 is 15.0 Å². The number of ether oxygens (including phenoxy) is 1. The Balaban J connectivity index is 2.20. The van der Waals surface area contributed by atoms with Gasteiger partial charge in [0.2, 0.25) is 0 Å². The lowest BCUT2D eigenvalue weighted by Gasteiger charge is -2.16. The highest BCUT2D eigenvalue weighted by molar-refractivity contribution is 5.69. The van der Waals surface area contributed by atoms with Crippen molar-refractivity contribution in [2.45, 2.75) is 6.54 Å². The SMILES string of the molecule is CNCCN(C)Cc1cn[nH]c1-c1ccccc1OC. The van der Waals surface area contributed by atoms with Crippen LogP contribution in [0.4, 0.5) is 0 Å². The number of nitrogens with zero attached hydrogens (tertiary/aromatic N) is 2. The summed E-state index contributed by atoms with van der Waals surface area (Å²) in [6.07, 6.45) is 1.89. The van der Waals surface area contributed by atoms with Crippen LogP contribution in [0.3, 0.4) is 0 Å². The van der Waals surface area contributed by atoms with Gasteiger partial charge in [-0.3, -0.25) is 5.10 Å². The van der Waals surface area contributed by atoms with Crippen molar-refractivity contribution in [1.29, 1.82) is 0 Å². The summed E-state index contributed by atoms with van der Waals surface area (Å²) in [5.41, 5.74) is 3.25. The van der Waals surface area contributed by atoms with Gasteiger partial charge >= 0.3 is 0 Å². The van der Waals surface area contributed by atoms with Crippen LogP contribution in [-0.2, 0) is 6.54 Å². The minimum atomic E-state index is 0.853. The second-order valence-electron chi connectivity index (χ2n) is 4.81. The Hall–Kier alpha value is -1.85. The maximum Gasteiger partial charge on any atom is 0.128 e. The Morgan fingerprint density at radius 1 is 1.35 bits per heavy atom. The van der Waals surface area contributed by atoms with Crippen LogP contribution in [0.5, 0.6) is 5.75 Å².